The van der Waals surface area contributed by atoms with Crippen LogP contribution in [0.1, 0.15) is 61.6 Å². The molecule has 0 fully saturated rings. The van der Waals surface area contributed by atoms with E-state index in [9.17, 15) is 10.1 Å². The van der Waals surface area contributed by atoms with Crippen molar-refractivity contribution in [1.82, 2.24) is 9.47 Å². The van der Waals surface area contributed by atoms with Crippen molar-refractivity contribution >= 4 is 29.3 Å². The number of ketones is 1. The van der Waals surface area contributed by atoms with E-state index in [4.69, 9.17) is 4.74 Å². The van der Waals surface area contributed by atoms with Gasteiger partial charge in [0, 0.05) is 25.7 Å². The van der Waals surface area contributed by atoms with Crippen LogP contribution in [0.3, 0.4) is 0 Å². The molecule has 3 rings (SSSR count). The number of nitrogens with zero attached hydrogens (tertiary/aromatic N) is 5. The smallest absolute Gasteiger partial charge is 0.182 e. The van der Waals surface area contributed by atoms with Crippen LogP contribution in [-0.2, 0) is 6.54 Å². The Kier molecular flexibility index (Phi) is 7.94. The summed E-state index contributed by atoms with van der Waals surface area (Å²) in [5.74, 6) is 1.52. The van der Waals surface area contributed by atoms with E-state index in [-0.39, 0.29) is 12.3 Å². The Morgan fingerprint density at radius 2 is 2.09 bits per heavy atom. The lowest BCUT2D eigenvalue weighted by molar-refractivity contribution is 0.0977. The molecule has 2 heterocycles. The Labute approximate surface area is 196 Å². The van der Waals surface area contributed by atoms with E-state index in [1.807, 2.05) is 24.1 Å². The van der Waals surface area contributed by atoms with E-state index in [1.54, 1.807) is 25.6 Å². The summed E-state index contributed by atoms with van der Waals surface area (Å²) < 4.78 is 7.48. The topological polar surface area (TPSA) is 73.9 Å². The minimum Gasteiger partial charge on any atom is -0.497 e. The third-order valence-electron chi connectivity index (χ3n) is 5.87. The molecule has 0 amide bonds. The molecule has 0 saturated heterocycles. The van der Waals surface area contributed by atoms with Crippen LogP contribution in [0.2, 0.25) is 0 Å². The van der Waals surface area contributed by atoms with Gasteiger partial charge < -0.3 is 19.1 Å². The molecule has 0 atom stereocenters. The van der Waals surface area contributed by atoms with Crippen molar-refractivity contribution in [2.75, 3.05) is 32.1 Å². The number of carbonyl (C=O) groups excluding carboxylic acids is 1. The molecule has 1 aromatic carbocycles. The number of fused-ring (bicyclic) bond motifs is 1. The first-order valence-corrected chi connectivity index (χ1v) is 11.6. The van der Waals surface area contributed by atoms with Crippen LogP contribution >= 0.6 is 0 Å². The molecule has 7 heteroatoms. The molecule has 0 unspecified atom stereocenters. The number of methoxy groups -OCH3 is 1. The molecule has 0 aliphatic carbocycles. The van der Waals surface area contributed by atoms with Crippen molar-refractivity contribution in [3.05, 3.63) is 47.2 Å². The maximum Gasteiger partial charge on any atom is 0.182 e. The standard InChI is InChI=1S/C26H33N5O2/c1-6-9-14-31-25-22(11-7-2)30(17-23(32)19-12-10-13-20(15-19)33-5)18-28-24(25)21(16-27)26(31)29(4)8-3/h10-13,15,18H,6-9,14,17H2,1-5H3/b22-11-. The molecule has 0 saturated carbocycles. The first-order valence-electron chi connectivity index (χ1n) is 11.6. The fourth-order valence-corrected chi connectivity index (χ4v) is 4.06. The van der Waals surface area contributed by atoms with Crippen LogP contribution in [0.15, 0.2) is 35.3 Å². The first kappa shape index (κ1) is 24.1. The summed E-state index contributed by atoms with van der Waals surface area (Å²) in [7, 11) is 3.59. The number of Topliss-reactive ketones (excluding diaryl/α,β-unsaturated/α-hetero) is 1. The number of unbranched alkanes of at least 4 members (excludes halogenated alkanes) is 1. The number of aromatic nitrogens is 1. The van der Waals surface area contributed by atoms with Crippen LogP contribution in [0, 0.1) is 11.3 Å². The Morgan fingerprint density at radius 3 is 2.73 bits per heavy atom. The predicted octanol–water partition coefficient (Wildman–Crippen LogP) is 5.23. The van der Waals surface area contributed by atoms with Gasteiger partial charge in [-0.1, -0.05) is 38.5 Å². The zero-order valence-corrected chi connectivity index (χ0v) is 20.3. The molecule has 0 radical (unpaired) electrons. The average molecular weight is 448 g/mol. The van der Waals surface area contributed by atoms with Gasteiger partial charge in [-0.3, -0.25) is 4.79 Å². The van der Waals surface area contributed by atoms with Gasteiger partial charge in [-0.15, -0.1) is 0 Å². The molecule has 33 heavy (non-hydrogen) atoms. The number of benzene rings is 1. The van der Waals surface area contributed by atoms with E-state index in [1.165, 1.54) is 0 Å². The van der Waals surface area contributed by atoms with Crippen molar-refractivity contribution in [3.8, 4) is 11.8 Å². The summed E-state index contributed by atoms with van der Waals surface area (Å²) in [6.45, 7) is 8.02. The molecular weight excluding hydrogens is 414 g/mol. The highest BCUT2D eigenvalue weighted by atomic mass is 16.5. The predicted molar refractivity (Wildman–Crippen MR) is 133 cm³/mol. The minimum atomic E-state index is -0.0242. The fraction of sp³-hybridized carbons (Fsp3) is 0.423. The van der Waals surface area contributed by atoms with Crippen molar-refractivity contribution in [2.45, 2.75) is 46.6 Å². The van der Waals surface area contributed by atoms with Gasteiger partial charge in [0.15, 0.2) is 5.78 Å². The van der Waals surface area contributed by atoms with Crippen LogP contribution in [0.4, 0.5) is 11.5 Å². The summed E-state index contributed by atoms with van der Waals surface area (Å²) in [5, 5.41) is 10.0. The van der Waals surface area contributed by atoms with Crippen LogP contribution in [0.5, 0.6) is 5.75 Å². The summed E-state index contributed by atoms with van der Waals surface area (Å²) in [6.07, 6.45) is 6.62. The number of rotatable bonds is 10. The van der Waals surface area contributed by atoms with Gasteiger partial charge in [-0.05, 0) is 31.9 Å². The maximum absolute atomic E-state index is 13.1. The number of anilines is 1. The van der Waals surface area contributed by atoms with Gasteiger partial charge in [0.1, 0.15) is 28.9 Å². The number of nitriles is 1. The molecule has 2 aromatic rings. The molecule has 7 nitrogen and oxygen atoms in total. The van der Waals surface area contributed by atoms with E-state index in [0.29, 0.717) is 22.6 Å². The van der Waals surface area contributed by atoms with Gasteiger partial charge in [0.05, 0.1) is 31.4 Å². The second-order valence-electron chi connectivity index (χ2n) is 8.05. The lowest BCUT2D eigenvalue weighted by Gasteiger charge is -2.28. The third kappa shape index (κ3) is 4.80. The van der Waals surface area contributed by atoms with Crippen LogP contribution in [0.25, 0.3) is 5.70 Å². The molecule has 1 aromatic heterocycles. The Hall–Kier alpha value is -3.53. The highest BCUT2D eigenvalue weighted by Gasteiger charge is 2.31. The number of hydrogen-bond donors (Lipinski definition) is 0. The summed E-state index contributed by atoms with van der Waals surface area (Å²) in [4.78, 5) is 21.8. The second kappa shape index (κ2) is 10.9. The fourth-order valence-electron chi connectivity index (χ4n) is 4.06. The minimum absolute atomic E-state index is 0.0242. The van der Waals surface area contributed by atoms with Gasteiger partial charge in [-0.2, -0.15) is 5.26 Å². The highest BCUT2D eigenvalue weighted by molar-refractivity contribution is 6.01. The molecule has 0 N–H and O–H groups in total. The maximum atomic E-state index is 13.1. The SMILES string of the molecule is CC/C=C1/c2c(c(C#N)c(N(C)CC)n2CCCC)N=CN1CC(=O)c1cccc(OC)c1. The van der Waals surface area contributed by atoms with Crippen molar-refractivity contribution in [3.63, 3.8) is 0 Å². The van der Waals surface area contributed by atoms with Gasteiger partial charge in [0.2, 0.25) is 0 Å². The third-order valence-corrected chi connectivity index (χ3v) is 5.87. The summed E-state index contributed by atoms with van der Waals surface area (Å²) >= 11 is 0. The van der Waals surface area contributed by atoms with Crippen LogP contribution < -0.4 is 9.64 Å². The van der Waals surface area contributed by atoms with Crippen LogP contribution in [-0.4, -0.2) is 48.8 Å². The normalized spacial score (nSPS) is 13.7. The van der Waals surface area contributed by atoms with E-state index in [0.717, 1.165) is 49.6 Å². The van der Waals surface area contributed by atoms with Crippen molar-refractivity contribution in [2.24, 2.45) is 4.99 Å². The Morgan fingerprint density at radius 1 is 1.30 bits per heavy atom. The molecular formula is C26H33N5O2. The summed E-state index contributed by atoms with van der Waals surface area (Å²) in [5.41, 5.74) is 3.70. The van der Waals surface area contributed by atoms with Gasteiger partial charge in [-0.25, -0.2) is 4.99 Å². The lowest BCUT2D eigenvalue weighted by Crippen LogP contribution is -2.30. The molecule has 1 aliphatic heterocycles. The number of carbonyl (C=O) groups is 1. The van der Waals surface area contributed by atoms with Gasteiger partial charge >= 0.3 is 0 Å². The van der Waals surface area contributed by atoms with E-state index in [2.05, 4.69) is 47.4 Å². The zero-order chi connectivity index (χ0) is 24.0. The Bertz CT molecular complexity index is 1110. The largest absolute Gasteiger partial charge is 0.497 e. The van der Waals surface area contributed by atoms with Crippen molar-refractivity contribution < 1.29 is 9.53 Å². The van der Waals surface area contributed by atoms with E-state index >= 15 is 0 Å². The second-order valence-corrected chi connectivity index (χ2v) is 8.05. The quantitative estimate of drug-likeness (QED) is 0.466. The number of hydrogen-bond acceptors (Lipinski definition) is 6. The molecule has 0 bridgehead atoms. The Balaban J connectivity index is 2.08. The number of aliphatic imine (C=N–C) groups is 1. The number of allylic oxidation sites excluding steroid dienone is 1. The highest BCUT2D eigenvalue weighted by Crippen LogP contribution is 2.43. The van der Waals surface area contributed by atoms with E-state index < -0.39 is 0 Å². The van der Waals surface area contributed by atoms with Gasteiger partial charge in [0.25, 0.3) is 0 Å². The van der Waals surface area contributed by atoms with Crippen molar-refractivity contribution in [1.29, 1.82) is 5.26 Å². The monoisotopic (exact) mass is 447 g/mol. The first-order chi connectivity index (χ1) is 16.0. The summed E-state index contributed by atoms with van der Waals surface area (Å²) in [6, 6.07) is 9.58. The molecule has 1 aliphatic rings. The average Bonchev–Trinajstić information content (AvgIpc) is 3.17. The number of ether oxygens (including phenoxy) is 1. The lowest BCUT2D eigenvalue weighted by atomic mass is 10.1. The zero-order valence-electron chi connectivity index (χ0n) is 20.3. The molecule has 0 spiro atoms. The molecule has 174 valence electrons.